The lowest BCUT2D eigenvalue weighted by molar-refractivity contribution is -0.136. The number of likely N-dealkylation sites (N-methyl/N-ethyl adjacent to an activating group) is 1. The molecule has 0 bridgehead atoms. The van der Waals surface area contributed by atoms with E-state index in [1.807, 2.05) is 18.2 Å². The molecule has 0 spiro atoms. The zero-order valence-electron chi connectivity index (χ0n) is 18.6. The van der Waals surface area contributed by atoms with Crippen LogP contribution in [-0.4, -0.2) is 54.2 Å². The number of aliphatic hydroxyl groups is 1. The van der Waals surface area contributed by atoms with Crippen LogP contribution in [0.5, 0.6) is 5.75 Å². The average molecular weight is 443 g/mol. The molecule has 0 radical (unpaired) electrons. The fourth-order valence-electron chi connectivity index (χ4n) is 4.43. The van der Waals surface area contributed by atoms with Crippen molar-refractivity contribution in [2.24, 2.45) is 0 Å². The van der Waals surface area contributed by atoms with E-state index >= 15 is 0 Å². The fourth-order valence-corrected chi connectivity index (χ4v) is 4.43. The molecule has 0 heterocycles. The van der Waals surface area contributed by atoms with E-state index in [9.17, 15) is 19.1 Å². The Morgan fingerprint density at radius 3 is 2.44 bits per heavy atom. The van der Waals surface area contributed by atoms with Gasteiger partial charge in [0, 0.05) is 25.9 Å². The van der Waals surface area contributed by atoms with Crippen molar-refractivity contribution in [2.75, 3.05) is 20.2 Å². The second-order valence-electron chi connectivity index (χ2n) is 8.52. The summed E-state index contributed by atoms with van der Waals surface area (Å²) in [5, 5.41) is 13.8. The van der Waals surface area contributed by atoms with Crippen LogP contribution in [-0.2, 0) is 15.0 Å². The highest BCUT2D eigenvalue weighted by atomic mass is 19.1. The van der Waals surface area contributed by atoms with Crippen molar-refractivity contribution in [3.05, 3.63) is 66.0 Å². The molecule has 6 nitrogen and oxygen atoms in total. The first-order valence-corrected chi connectivity index (χ1v) is 10.9. The van der Waals surface area contributed by atoms with Crippen LogP contribution >= 0.6 is 0 Å². The predicted octanol–water partition coefficient (Wildman–Crippen LogP) is 3.04. The summed E-state index contributed by atoms with van der Waals surface area (Å²) in [4.78, 5) is 25.9. The molecule has 3 rings (SSSR count). The van der Waals surface area contributed by atoms with E-state index in [2.05, 4.69) is 17.4 Å². The molecule has 3 atom stereocenters. The molecule has 2 aromatic rings. The van der Waals surface area contributed by atoms with Crippen molar-refractivity contribution in [1.29, 1.82) is 0 Å². The summed E-state index contributed by atoms with van der Waals surface area (Å²) in [5.74, 6) is -0.309. The van der Waals surface area contributed by atoms with Crippen LogP contribution < -0.4 is 10.1 Å². The van der Waals surface area contributed by atoms with E-state index < -0.39 is 6.10 Å². The summed E-state index contributed by atoms with van der Waals surface area (Å²) < 4.78 is 18.5. The topological polar surface area (TPSA) is 78.9 Å². The number of nitrogens with one attached hydrogen (secondary N) is 1. The standard InChI is InChI=1S/C25H31FN2O4/c1-18(29)27-17-25(19-6-4-3-5-7-19)14-12-22(23(30)13-15-25)28(2)24(31)16-32-21-10-8-20(26)9-11-21/h3-11,22-23,30H,12-17H2,1-2H3,(H,27,29)/t22-,23-,25+/m0/s1. The van der Waals surface area contributed by atoms with E-state index in [0.29, 0.717) is 31.6 Å². The minimum atomic E-state index is -0.683. The number of rotatable bonds is 7. The number of hydrogen-bond donors (Lipinski definition) is 2. The van der Waals surface area contributed by atoms with Crippen molar-refractivity contribution in [2.45, 2.75) is 50.2 Å². The Hall–Kier alpha value is -2.93. The molecule has 1 aliphatic rings. The first kappa shape index (κ1) is 23.7. The number of benzene rings is 2. The van der Waals surface area contributed by atoms with Gasteiger partial charge < -0.3 is 20.1 Å². The van der Waals surface area contributed by atoms with Gasteiger partial charge in [-0.25, -0.2) is 4.39 Å². The molecule has 1 aliphatic carbocycles. The highest BCUT2D eigenvalue weighted by Gasteiger charge is 2.40. The lowest BCUT2D eigenvalue weighted by atomic mass is 9.74. The van der Waals surface area contributed by atoms with Crippen LogP contribution in [0, 0.1) is 5.82 Å². The first-order chi connectivity index (χ1) is 15.3. The molecule has 1 saturated carbocycles. The molecule has 32 heavy (non-hydrogen) atoms. The summed E-state index contributed by atoms with van der Waals surface area (Å²) in [6.45, 7) is 1.79. The Bertz CT molecular complexity index is 906. The van der Waals surface area contributed by atoms with E-state index in [1.54, 1.807) is 11.9 Å². The molecule has 7 heteroatoms. The molecular formula is C25H31FN2O4. The minimum absolute atomic E-state index is 0.0908. The van der Waals surface area contributed by atoms with E-state index in [4.69, 9.17) is 4.74 Å². The van der Waals surface area contributed by atoms with E-state index in [1.165, 1.54) is 31.2 Å². The zero-order valence-corrected chi connectivity index (χ0v) is 18.6. The van der Waals surface area contributed by atoms with Crippen LogP contribution in [0.3, 0.4) is 0 Å². The van der Waals surface area contributed by atoms with Gasteiger partial charge in [-0.3, -0.25) is 9.59 Å². The van der Waals surface area contributed by atoms with E-state index in [-0.39, 0.29) is 35.7 Å². The minimum Gasteiger partial charge on any atom is -0.484 e. The smallest absolute Gasteiger partial charge is 0.260 e. The van der Waals surface area contributed by atoms with Gasteiger partial charge in [0.05, 0.1) is 12.1 Å². The monoisotopic (exact) mass is 442 g/mol. The Labute approximate surface area is 188 Å². The molecule has 0 aliphatic heterocycles. The molecular weight excluding hydrogens is 411 g/mol. The fraction of sp³-hybridized carbons (Fsp3) is 0.440. The summed E-state index contributed by atoms with van der Waals surface area (Å²) in [5.41, 5.74) is 0.812. The van der Waals surface area contributed by atoms with Gasteiger partial charge in [-0.05, 0) is 55.5 Å². The Morgan fingerprint density at radius 1 is 1.12 bits per heavy atom. The van der Waals surface area contributed by atoms with Crippen LogP contribution in [0.2, 0.25) is 0 Å². The van der Waals surface area contributed by atoms with Crippen LogP contribution in [0.1, 0.15) is 38.2 Å². The predicted molar refractivity (Wildman–Crippen MR) is 120 cm³/mol. The molecule has 0 saturated heterocycles. The zero-order chi connectivity index (χ0) is 23.1. The molecule has 1 fully saturated rings. The molecule has 2 N–H and O–H groups in total. The van der Waals surface area contributed by atoms with Gasteiger partial charge in [-0.2, -0.15) is 0 Å². The van der Waals surface area contributed by atoms with Gasteiger partial charge >= 0.3 is 0 Å². The normalized spacial score (nSPS) is 23.1. The summed E-state index contributed by atoms with van der Waals surface area (Å²) in [6.07, 6.45) is 1.83. The third kappa shape index (κ3) is 5.85. The second kappa shape index (κ2) is 10.6. The van der Waals surface area contributed by atoms with Gasteiger partial charge in [0.15, 0.2) is 6.61 Å². The van der Waals surface area contributed by atoms with Gasteiger partial charge in [0.2, 0.25) is 5.91 Å². The third-order valence-corrected chi connectivity index (χ3v) is 6.41. The summed E-state index contributed by atoms with van der Waals surface area (Å²) in [7, 11) is 1.67. The number of aliphatic hydroxyl groups excluding tert-OH is 1. The summed E-state index contributed by atoms with van der Waals surface area (Å²) in [6, 6.07) is 15.2. The number of nitrogens with zero attached hydrogens (tertiary/aromatic N) is 1. The number of ether oxygens (including phenoxy) is 1. The second-order valence-corrected chi connectivity index (χ2v) is 8.52. The Balaban J connectivity index is 1.69. The SMILES string of the molecule is CC(=O)NC[C@]1(c2ccccc2)CC[C@H](O)[C@@H](N(C)C(=O)COc2ccc(F)cc2)CC1. The maximum Gasteiger partial charge on any atom is 0.260 e. The van der Waals surface area contributed by atoms with Gasteiger partial charge in [-0.15, -0.1) is 0 Å². The van der Waals surface area contributed by atoms with Crippen LogP contribution in [0.4, 0.5) is 4.39 Å². The first-order valence-electron chi connectivity index (χ1n) is 10.9. The number of amides is 2. The number of hydrogen-bond acceptors (Lipinski definition) is 4. The van der Waals surface area contributed by atoms with Crippen LogP contribution in [0.15, 0.2) is 54.6 Å². The van der Waals surface area contributed by atoms with Crippen molar-refractivity contribution in [1.82, 2.24) is 10.2 Å². The molecule has 2 aromatic carbocycles. The van der Waals surface area contributed by atoms with Gasteiger partial charge in [-0.1, -0.05) is 30.3 Å². The molecule has 172 valence electrons. The number of carbonyl (C=O) groups excluding carboxylic acids is 2. The summed E-state index contributed by atoms with van der Waals surface area (Å²) >= 11 is 0. The quantitative estimate of drug-likeness (QED) is 0.646. The van der Waals surface area contributed by atoms with Gasteiger partial charge in [0.25, 0.3) is 5.91 Å². The van der Waals surface area contributed by atoms with Crippen molar-refractivity contribution in [3.8, 4) is 5.75 Å². The third-order valence-electron chi connectivity index (χ3n) is 6.41. The average Bonchev–Trinajstić information content (AvgIpc) is 2.97. The lowest BCUT2D eigenvalue weighted by Gasteiger charge is -2.34. The highest BCUT2D eigenvalue weighted by Crippen LogP contribution is 2.39. The van der Waals surface area contributed by atoms with Crippen molar-refractivity contribution in [3.63, 3.8) is 0 Å². The van der Waals surface area contributed by atoms with Crippen LogP contribution in [0.25, 0.3) is 0 Å². The lowest BCUT2D eigenvalue weighted by Crippen LogP contribution is -2.46. The Kier molecular flexibility index (Phi) is 7.85. The molecule has 0 unspecified atom stereocenters. The number of carbonyl (C=O) groups is 2. The van der Waals surface area contributed by atoms with E-state index in [0.717, 1.165) is 12.0 Å². The van der Waals surface area contributed by atoms with Gasteiger partial charge in [0.1, 0.15) is 11.6 Å². The van der Waals surface area contributed by atoms with Crippen molar-refractivity contribution < 1.29 is 23.8 Å². The number of halogens is 1. The largest absolute Gasteiger partial charge is 0.484 e. The maximum atomic E-state index is 13.0. The maximum absolute atomic E-state index is 13.0. The molecule has 0 aromatic heterocycles. The van der Waals surface area contributed by atoms with Crippen molar-refractivity contribution >= 4 is 11.8 Å². The Morgan fingerprint density at radius 2 is 1.78 bits per heavy atom. The highest BCUT2D eigenvalue weighted by molar-refractivity contribution is 5.78. The molecule has 2 amide bonds.